The summed E-state index contributed by atoms with van der Waals surface area (Å²) in [5.74, 6) is 0.775. The van der Waals surface area contributed by atoms with Crippen LogP contribution in [0.2, 0.25) is 0 Å². The summed E-state index contributed by atoms with van der Waals surface area (Å²) >= 11 is 0. The van der Waals surface area contributed by atoms with Crippen molar-refractivity contribution in [2.24, 2.45) is 0 Å². The molecule has 0 amide bonds. The number of nitrogen functional groups attached to an aromatic ring is 2. The van der Waals surface area contributed by atoms with E-state index >= 15 is 0 Å². The first-order chi connectivity index (χ1) is 9.24. The molecule has 0 aliphatic carbocycles. The molecule has 0 spiro atoms. The van der Waals surface area contributed by atoms with Crippen molar-refractivity contribution in [3.8, 4) is 11.3 Å². The van der Waals surface area contributed by atoms with Crippen LogP contribution in [0, 0.1) is 0 Å². The van der Waals surface area contributed by atoms with Gasteiger partial charge in [0.1, 0.15) is 0 Å². The zero-order chi connectivity index (χ0) is 13.2. The first-order valence-electron chi connectivity index (χ1n) is 6.47. The Morgan fingerprint density at radius 1 is 1.05 bits per heavy atom. The van der Waals surface area contributed by atoms with Crippen LogP contribution in [0.3, 0.4) is 0 Å². The second-order valence-electron chi connectivity index (χ2n) is 4.78. The van der Waals surface area contributed by atoms with Crippen molar-refractivity contribution in [3.63, 3.8) is 0 Å². The van der Waals surface area contributed by atoms with E-state index in [1.807, 2.05) is 18.2 Å². The third-order valence-electron chi connectivity index (χ3n) is 3.39. The molecular formula is C14H17N5. The van der Waals surface area contributed by atoms with E-state index in [2.05, 4.69) is 14.9 Å². The van der Waals surface area contributed by atoms with E-state index in [9.17, 15) is 0 Å². The molecule has 4 N–H and O–H groups in total. The van der Waals surface area contributed by atoms with E-state index in [1.54, 1.807) is 12.3 Å². The molecule has 0 saturated carbocycles. The zero-order valence-electron chi connectivity index (χ0n) is 10.7. The van der Waals surface area contributed by atoms with E-state index in [0.29, 0.717) is 11.4 Å². The van der Waals surface area contributed by atoms with Crippen LogP contribution in [-0.4, -0.2) is 23.1 Å². The van der Waals surface area contributed by atoms with Crippen molar-refractivity contribution in [1.82, 2.24) is 9.97 Å². The maximum atomic E-state index is 6.00. The van der Waals surface area contributed by atoms with Gasteiger partial charge in [0.2, 0.25) is 5.95 Å². The van der Waals surface area contributed by atoms with Crippen molar-refractivity contribution in [2.45, 2.75) is 12.8 Å². The zero-order valence-corrected chi connectivity index (χ0v) is 10.7. The summed E-state index contributed by atoms with van der Waals surface area (Å²) in [6.45, 7) is 2.05. The molecule has 0 bridgehead atoms. The smallest absolute Gasteiger partial charge is 0.225 e. The van der Waals surface area contributed by atoms with Gasteiger partial charge in [0.15, 0.2) is 0 Å². The van der Waals surface area contributed by atoms with Gasteiger partial charge in [-0.15, -0.1) is 0 Å². The fraction of sp³-hybridized carbons (Fsp3) is 0.286. The SMILES string of the molecule is Nc1ccc(N)c(-c2ccnc(N3CCCC3)n2)c1. The lowest BCUT2D eigenvalue weighted by atomic mass is 10.1. The fourth-order valence-electron chi connectivity index (χ4n) is 2.36. The van der Waals surface area contributed by atoms with Gasteiger partial charge in [-0.2, -0.15) is 0 Å². The molecule has 5 heteroatoms. The molecule has 1 aromatic heterocycles. The van der Waals surface area contributed by atoms with Crippen molar-refractivity contribution < 1.29 is 0 Å². The number of nitrogens with two attached hydrogens (primary N) is 2. The van der Waals surface area contributed by atoms with Crippen LogP contribution in [0.1, 0.15) is 12.8 Å². The van der Waals surface area contributed by atoms with Gasteiger partial charge in [-0.25, -0.2) is 9.97 Å². The Hall–Kier alpha value is -2.30. The highest BCUT2D eigenvalue weighted by atomic mass is 15.3. The van der Waals surface area contributed by atoms with Crippen LogP contribution >= 0.6 is 0 Å². The van der Waals surface area contributed by atoms with Crippen LogP contribution in [0.25, 0.3) is 11.3 Å². The minimum atomic E-state index is 0.681. The van der Waals surface area contributed by atoms with E-state index in [0.717, 1.165) is 30.3 Å². The lowest BCUT2D eigenvalue weighted by molar-refractivity contribution is 0.900. The number of nitrogens with zero attached hydrogens (tertiary/aromatic N) is 3. The average Bonchev–Trinajstić information content (AvgIpc) is 2.96. The molecule has 0 radical (unpaired) electrons. The van der Waals surface area contributed by atoms with Crippen LogP contribution in [0.5, 0.6) is 0 Å². The normalized spacial score (nSPS) is 14.8. The van der Waals surface area contributed by atoms with Gasteiger partial charge >= 0.3 is 0 Å². The van der Waals surface area contributed by atoms with Gasteiger partial charge < -0.3 is 16.4 Å². The number of aromatic nitrogens is 2. The van der Waals surface area contributed by atoms with Gasteiger partial charge in [-0.3, -0.25) is 0 Å². The van der Waals surface area contributed by atoms with Crippen LogP contribution in [-0.2, 0) is 0 Å². The Labute approximate surface area is 112 Å². The second-order valence-corrected chi connectivity index (χ2v) is 4.78. The fourth-order valence-corrected chi connectivity index (χ4v) is 2.36. The summed E-state index contributed by atoms with van der Waals surface area (Å²) < 4.78 is 0. The number of benzene rings is 1. The largest absolute Gasteiger partial charge is 0.399 e. The molecule has 0 unspecified atom stereocenters. The van der Waals surface area contributed by atoms with Crippen molar-refractivity contribution in [1.29, 1.82) is 0 Å². The van der Waals surface area contributed by atoms with Gasteiger partial charge in [-0.05, 0) is 37.1 Å². The first kappa shape index (κ1) is 11.8. The summed E-state index contributed by atoms with van der Waals surface area (Å²) in [5.41, 5.74) is 14.9. The minimum absolute atomic E-state index is 0.681. The molecule has 5 nitrogen and oxygen atoms in total. The quantitative estimate of drug-likeness (QED) is 0.801. The molecular weight excluding hydrogens is 238 g/mol. The van der Waals surface area contributed by atoms with E-state index < -0.39 is 0 Å². The Kier molecular flexibility index (Phi) is 2.95. The average molecular weight is 255 g/mol. The molecule has 1 aliphatic rings. The van der Waals surface area contributed by atoms with E-state index in [4.69, 9.17) is 11.5 Å². The van der Waals surface area contributed by atoms with Crippen molar-refractivity contribution in [2.75, 3.05) is 29.5 Å². The molecule has 3 rings (SSSR count). The van der Waals surface area contributed by atoms with Crippen LogP contribution in [0.15, 0.2) is 30.5 Å². The predicted molar refractivity (Wildman–Crippen MR) is 77.7 cm³/mol. The molecule has 1 aliphatic heterocycles. The number of hydrogen-bond donors (Lipinski definition) is 2. The highest BCUT2D eigenvalue weighted by molar-refractivity contribution is 5.77. The Morgan fingerprint density at radius 3 is 2.63 bits per heavy atom. The second kappa shape index (κ2) is 4.76. The molecule has 0 atom stereocenters. The Morgan fingerprint density at radius 2 is 1.84 bits per heavy atom. The van der Waals surface area contributed by atoms with Gasteiger partial charge in [0, 0.05) is 36.2 Å². The molecule has 19 heavy (non-hydrogen) atoms. The van der Waals surface area contributed by atoms with Crippen molar-refractivity contribution >= 4 is 17.3 Å². The van der Waals surface area contributed by atoms with Crippen LogP contribution in [0.4, 0.5) is 17.3 Å². The van der Waals surface area contributed by atoms with Crippen molar-refractivity contribution in [3.05, 3.63) is 30.5 Å². The minimum Gasteiger partial charge on any atom is -0.399 e. The molecule has 2 heterocycles. The molecule has 1 saturated heterocycles. The maximum absolute atomic E-state index is 6.00. The first-order valence-corrected chi connectivity index (χ1v) is 6.47. The maximum Gasteiger partial charge on any atom is 0.225 e. The molecule has 98 valence electrons. The highest BCUT2D eigenvalue weighted by Gasteiger charge is 2.15. The van der Waals surface area contributed by atoms with Gasteiger partial charge in [0.05, 0.1) is 5.69 Å². The summed E-state index contributed by atoms with van der Waals surface area (Å²) in [7, 11) is 0. The number of hydrogen-bond acceptors (Lipinski definition) is 5. The Bertz CT molecular complexity index is 590. The topological polar surface area (TPSA) is 81.1 Å². The number of anilines is 3. The summed E-state index contributed by atoms with van der Waals surface area (Å²) in [4.78, 5) is 11.1. The lowest BCUT2D eigenvalue weighted by Gasteiger charge is -2.15. The van der Waals surface area contributed by atoms with E-state index in [-0.39, 0.29) is 0 Å². The summed E-state index contributed by atoms with van der Waals surface area (Å²) in [6.07, 6.45) is 4.18. The third kappa shape index (κ3) is 2.31. The van der Waals surface area contributed by atoms with Gasteiger partial charge in [0.25, 0.3) is 0 Å². The van der Waals surface area contributed by atoms with E-state index in [1.165, 1.54) is 12.8 Å². The Balaban J connectivity index is 2.00. The standard InChI is InChI=1S/C14H17N5/c15-10-3-4-12(16)11(9-10)13-5-6-17-14(18-13)19-7-1-2-8-19/h3-6,9H,1-2,7-8,15-16H2. The summed E-state index contributed by atoms with van der Waals surface area (Å²) in [5, 5.41) is 0. The monoisotopic (exact) mass is 255 g/mol. The number of rotatable bonds is 2. The highest BCUT2D eigenvalue weighted by Crippen LogP contribution is 2.27. The molecule has 1 aromatic carbocycles. The summed E-state index contributed by atoms with van der Waals surface area (Å²) in [6, 6.07) is 7.32. The van der Waals surface area contributed by atoms with Crippen LogP contribution < -0.4 is 16.4 Å². The lowest BCUT2D eigenvalue weighted by Crippen LogP contribution is -2.20. The molecule has 2 aromatic rings. The molecule has 1 fully saturated rings. The predicted octanol–water partition coefficient (Wildman–Crippen LogP) is 1.91. The third-order valence-corrected chi connectivity index (χ3v) is 3.39. The van der Waals surface area contributed by atoms with Gasteiger partial charge in [-0.1, -0.05) is 0 Å².